The highest BCUT2D eigenvalue weighted by atomic mass is 16.2. The van der Waals surface area contributed by atoms with E-state index >= 15 is 0 Å². The topological polar surface area (TPSA) is 126 Å². The van der Waals surface area contributed by atoms with Gasteiger partial charge in [-0.15, -0.1) is 0 Å². The van der Waals surface area contributed by atoms with Crippen molar-refractivity contribution in [1.29, 1.82) is 0 Å². The summed E-state index contributed by atoms with van der Waals surface area (Å²) in [4.78, 5) is 57.1. The van der Waals surface area contributed by atoms with Crippen molar-refractivity contribution in [3.05, 3.63) is 68.0 Å². The molecular formula is C25H29N5O4. The molecule has 2 aromatic heterocycles. The average molecular weight is 464 g/mol. The van der Waals surface area contributed by atoms with Crippen molar-refractivity contribution in [2.24, 2.45) is 5.92 Å². The van der Waals surface area contributed by atoms with Gasteiger partial charge >= 0.3 is 5.69 Å². The molecule has 3 N–H and O–H groups in total. The third-order valence-corrected chi connectivity index (χ3v) is 6.09. The molecule has 1 unspecified atom stereocenters. The molecule has 1 atom stereocenters. The Kier molecular flexibility index (Phi) is 6.37. The van der Waals surface area contributed by atoms with Crippen LogP contribution in [0.5, 0.6) is 0 Å². The zero-order valence-electron chi connectivity index (χ0n) is 19.8. The van der Waals surface area contributed by atoms with Crippen molar-refractivity contribution < 1.29 is 9.59 Å². The Morgan fingerprint density at radius 3 is 2.41 bits per heavy atom. The van der Waals surface area contributed by atoms with Crippen LogP contribution in [0.4, 0.5) is 5.69 Å². The van der Waals surface area contributed by atoms with Crippen molar-refractivity contribution in [3.8, 4) is 0 Å². The largest absolute Gasteiger partial charge is 0.345 e. The Bertz CT molecular complexity index is 1370. The van der Waals surface area contributed by atoms with E-state index in [0.717, 1.165) is 18.4 Å². The zero-order valence-corrected chi connectivity index (χ0v) is 19.8. The molecule has 0 radical (unpaired) electrons. The number of carbonyl (C=O) groups excluding carboxylic acids is 2. The normalized spacial score (nSPS) is 14.3. The molecule has 0 spiro atoms. The lowest BCUT2D eigenvalue weighted by Crippen LogP contribution is -2.34. The molecule has 3 aromatic rings. The van der Waals surface area contributed by atoms with Crippen molar-refractivity contribution >= 4 is 28.5 Å². The van der Waals surface area contributed by atoms with Crippen molar-refractivity contribution in [2.75, 3.05) is 5.32 Å². The van der Waals surface area contributed by atoms with E-state index in [2.05, 4.69) is 20.6 Å². The number of pyridine rings is 1. The molecule has 0 saturated heterocycles. The molecule has 9 heteroatoms. The number of nitrogens with one attached hydrogen (secondary N) is 3. The van der Waals surface area contributed by atoms with Gasteiger partial charge in [-0.05, 0) is 56.4 Å². The molecule has 34 heavy (non-hydrogen) atoms. The first-order chi connectivity index (χ1) is 16.2. The van der Waals surface area contributed by atoms with E-state index in [1.165, 1.54) is 4.57 Å². The fourth-order valence-corrected chi connectivity index (χ4v) is 3.86. The van der Waals surface area contributed by atoms with Gasteiger partial charge in [-0.3, -0.25) is 23.9 Å². The first-order valence-electron chi connectivity index (χ1n) is 11.6. The molecule has 1 aliphatic carbocycles. The third-order valence-electron chi connectivity index (χ3n) is 6.09. The quantitative estimate of drug-likeness (QED) is 0.496. The van der Waals surface area contributed by atoms with Gasteiger partial charge in [0.15, 0.2) is 5.65 Å². The molecule has 1 saturated carbocycles. The molecule has 1 aliphatic rings. The Labute approximate surface area is 196 Å². The van der Waals surface area contributed by atoms with Crippen LogP contribution in [0.15, 0.2) is 39.9 Å². The highest BCUT2D eigenvalue weighted by Crippen LogP contribution is 2.30. The minimum atomic E-state index is -0.638. The maximum Gasteiger partial charge on any atom is 0.329 e. The number of hydrogen-bond donors (Lipinski definition) is 3. The summed E-state index contributed by atoms with van der Waals surface area (Å²) in [5, 5.41) is 5.93. The van der Waals surface area contributed by atoms with Crippen molar-refractivity contribution in [3.63, 3.8) is 0 Å². The lowest BCUT2D eigenvalue weighted by atomic mass is 10.0. The molecule has 1 aromatic carbocycles. The molecule has 1 fully saturated rings. The molecule has 9 nitrogen and oxygen atoms in total. The van der Waals surface area contributed by atoms with Crippen LogP contribution in [0.3, 0.4) is 0 Å². The maximum atomic E-state index is 13.3. The number of hydrogen-bond acceptors (Lipinski definition) is 5. The lowest BCUT2D eigenvalue weighted by Gasteiger charge is -2.17. The standard InChI is InChI=1S/C25H29N5O4/c1-5-30-21-20(24(33)29-25(30)34)18(12-19(28-21)13(2)3)23(32)26-14(4)15-8-10-17(11-9-15)27-22(31)16-6-7-16/h8-14,16H,5-7H2,1-4H3,(H,26,32)(H,27,31)(H,29,33,34). The van der Waals surface area contributed by atoms with Crippen LogP contribution in [0, 0.1) is 5.92 Å². The van der Waals surface area contributed by atoms with Crippen LogP contribution >= 0.6 is 0 Å². The summed E-state index contributed by atoms with van der Waals surface area (Å²) < 4.78 is 1.36. The summed E-state index contributed by atoms with van der Waals surface area (Å²) in [5.41, 5.74) is 1.37. The summed E-state index contributed by atoms with van der Waals surface area (Å²) in [5.74, 6) is -0.280. The van der Waals surface area contributed by atoms with Gasteiger partial charge in [-0.1, -0.05) is 26.0 Å². The summed E-state index contributed by atoms with van der Waals surface area (Å²) in [6.45, 7) is 7.80. The van der Waals surface area contributed by atoms with Crippen molar-refractivity contribution in [2.45, 2.75) is 59.0 Å². The average Bonchev–Trinajstić information content (AvgIpc) is 3.64. The van der Waals surface area contributed by atoms with Crippen LogP contribution in [0.1, 0.15) is 74.1 Å². The minimum absolute atomic E-state index is 0.00790. The molecular weight excluding hydrogens is 434 g/mol. The summed E-state index contributed by atoms with van der Waals surface area (Å²) in [6.07, 6.45) is 1.87. The third kappa shape index (κ3) is 4.64. The predicted molar refractivity (Wildman–Crippen MR) is 130 cm³/mol. The first kappa shape index (κ1) is 23.4. The van der Waals surface area contributed by atoms with E-state index in [0.29, 0.717) is 17.9 Å². The zero-order chi connectivity index (χ0) is 24.6. The molecule has 0 bridgehead atoms. The van der Waals surface area contributed by atoms with Crippen LogP contribution in [0.2, 0.25) is 0 Å². The van der Waals surface area contributed by atoms with Gasteiger partial charge in [0.1, 0.15) is 0 Å². The Morgan fingerprint density at radius 1 is 1.15 bits per heavy atom. The van der Waals surface area contributed by atoms with Gasteiger partial charge in [0.2, 0.25) is 5.91 Å². The Balaban J connectivity index is 1.64. The monoisotopic (exact) mass is 463 g/mol. The number of fused-ring (bicyclic) bond motifs is 1. The van der Waals surface area contributed by atoms with Gasteiger partial charge in [0.05, 0.1) is 17.0 Å². The molecule has 0 aliphatic heterocycles. The van der Waals surface area contributed by atoms with E-state index in [-0.39, 0.29) is 40.4 Å². The number of aryl methyl sites for hydroxylation is 1. The fraction of sp³-hybridized carbons (Fsp3) is 0.400. The van der Waals surface area contributed by atoms with Gasteiger partial charge < -0.3 is 10.6 Å². The number of aromatic nitrogens is 3. The number of benzene rings is 1. The summed E-state index contributed by atoms with van der Waals surface area (Å²) >= 11 is 0. The highest BCUT2D eigenvalue weighted by Gasteiger charge is 2.29. The van der Waals surface area contributed by atoms with E-state index < -0.39 is 17.2 Å². The van der Waals surface area contributed by atoms with Gasteiger partial charge in [0, 0.05) is 23.8 Å². The second-order valence-corrected chi connectivity index (χ2v) is 9.03. The molecule has 2 heterocycles. The van der Waals surface area contributed by atoms with Crippen LogP contribution < -0.4 is 21.9 Å². The smallest absolute Gasteiger partial charge is 0.329 e. The molecule has 4 rings (SSSR count). The van der Waals surface area contributed by atoms with E-state index in [4.69, 9.17) is 0 Å². The van der Waals surface area contributed by atoms with Gasteiger partial charge in [-0.25, -0.2) is 9.78 Å². The maximum absolute atomic E-state index is 13.3. The Hall–Kier alpha value is -3.75. The molecule has 2 amide bonds. The Morgan fingerprint density at radius 2 is 1.82 bits per heavy atom. The summed E-state index contributed by atoms with van der Waals surface area (Å²) in [6, 6.07) is 8.56. The van der Waals surface area contributed by atoms with Crippen LogP contribution in [-0.4, -0.2) is 26.3 Å². The number of anilines is 1. The lowest BCUT2D eigenvalue weighted by molar-refractivity contribution is -0.117. The van der Waals surface area contributed by atoms with E-state index in [1.54, 1.807) is 13.0 Å². The second kappa shape index (κ2) is 9.24. The number of H-pyrrole nitrogens is 1. The van der Waals surface area contributed by atoms with Crippen LogP contribution in [-0.2, 0) is 11.3 Å². The number of amides is 2. The number of aromatic amines is 1. The SMILES string of the molecule is CCn1c(=O)[nH]c(=O)c2c(C(=O)NC(C)c3ccc(NC(=O)C4CC4)cc3)cc(C(C)C)nc21. The highest BCUT2D eigenvalue weighted by molar-refractivity contribution is 6.05. The van der Waals surface area contributed by atoms with Crippen molar-refractivity contribution in [1.82, 2.24) is 19.9 Å². The number of carbonyl (C=O) groups is 2. The molecule has 178 valence electrons. The minimum Gasteiger partial charge on any atom is -0.345 e. The number of rotatable bonds is 7. The second-order valence-electron chi connectivity index (χ2n) is 9.03. The predicted octanol–water partition coefficient (Wildman–Crippen LogP) is 3.07. The fourth-order valence-electron chi connectivity index (χ4n) is 3.86. The summed E-state index contributed by atoms with van der Waals surface area (Å²) in [7, 11) is 0. The van der Waals surface area contributed by atoms with Gasteiger partial charge in [0.25, 0.3) is 11.5 Å². The van der Waals surface area contributed by atoms with E-state index in [1.807, 2.05) is 45.0 Å². The van der Waals surface area contributed by atoms with Crippen LogP contribution in [0.25, 0.3) is 11.0 Å². The van der Waals surface area contributed by atoms with E-state index in [9.17, 15) is 19.2 Å². The van der Waals surface area contributed by atoms with Gasteiger partial charge in [-0.2, -0.15) is 0 Å². The number of nitrogens with zero attached hydrogens (tertiary/aromatic N) is 2. The first-order valence-corrected chi connectivity index (χ1v) is 11.6.